The van der Waals surface area contributed by atoms with Gasteiger partial charge in [-0.15, -0.1) is 0 Å². The second kappa shape index (κ2) is 7.77. The molecule has 0 spiro atoms. The van der Waals surface area contributed by atoms with Crippen molar-refractivity contribution >= 4 is 34.6 Å². The number of anilines is 1. The third kappa shape index (κ3) is 3.86. The Morgan fingerprint density at radius 1 is 1.14 bits per heavy atom. The molecule has 1 atom stereocenters. The van der Waals surface area contributed by atoms with Crippen molar-refractivity contribution < 1.29 is 9.72 Å². The van der Waals surface area contributed by atoms with Gasteiger partial charge in [0.1, 0.15) is 0 Å². The zero-order valence-corrected chi connectivity index (χ0v) is 16.5. The molecule has 1 unspecified atom stereocenters. The van der Waals surface area contributed by atoms with E-state index in [2.05, 4.69) is 10.6 Å². The van der Waals surface area contributed by atoms with Crippen LogP contribution < -0.4 is 10.6 Å². The fourth-order valence-electron chi connectivity index (χ4n) is 3.00. The van der Waals surface area contributed by atoms with Crippen LogP contribution in [0.25, 0.3) is 0 Å². The third-order valence-corrected chi connectivity index (χ3v) is 5.14. The number of nitro groups is 1. The molecule has 0 aliphatic carbocycles. The average molecular weight is 396 g/mol. The Kier molecular flexibility index (Phi) is 5.41. The topological polar surface area (TPSA) is 87.5 Å². The molecule has 0 bridgehead atoms. The van der Waals surface area contributed by atoms with Crippen LogP contribution in [0, 0.1) is 17.0 Å². The van der Waals surface area contributed by atoms with E-state index in [-0.39, 0.29) is 11.6 Å². The van der Waals surface area contributed by atoms with Crippen LogP contribution in [-0.2, 0) is 4.79 Å². The summed E-state index contributed by atoms with van der Waals surface area (Å²) in [4.78, 5) is 25.3. The fraction of sp³-hybridized carbons (Fsp3) is 0.200. The number of hydrogen-bond acceptors (Lipinski definition) is 4. The standard InChI is InChI=1S/C20H20N4O3S/c1-12-4-8-15(9-5-12)21-19(25)17-13(2)23(3)20(28)22-18(17)14-6-10-16(11-7-14)24(26)27/h4-11,18H,1-3H3,(H,21,25)(H,22,28). The van der Waals surface area contributed by atoms with Crippen LogP contribution >= 0.6 is 12.2 Å². The van der Waals surface area contributed by atoms with Crippen molar-refractivity contribution in [1.82, 2.24) is 10.2 Å². The fourth-order valence-corrected chi connectivity index (χ4v) is 3.26. The first-order valence-corrected chi connectivity index (χ1v) is 9.06. The minimum absolute atomic E-state index is 0.00869. The molecule has 144 valence electrons. The molecule has 0 saturated carbocycles. The molecule has 2 N–H and O–H groups in total. The summed E-state index contributed by atoms with van der Waals surface area (Å²) in [5.74, 6) is -0.258. The molecular weight excluding hydrogens is 376 g/mol. The first kappa shape index (κ1) is 19.5. The largest absolute Gasteiger partial charge is 0.351 e. The predicted octanol–water partition coefficient (Wildman–Crippen LogP) is 3.68. The number of nitrogens with one attached hydrogen (secondary N) is 2. The van der Waals surface area contributed by atoms with Gasteiger partial charge in [-0.3, -0.25) is 14.9 Å². The van der Waals surface area contributed by atoms with Crippen LogP contribution in [0.5, 0.6) is 0 Å². The summed E-state index contributed by atoms with van der Waals surface area (Å²) in [6, 6.07) is 13.1. The molecule has 1 amide bonds. The van der Waals surface area contributed by atoms with Gasteiger partial charge in [-0.05, 0) is 55.9 Å². The lowest BCUT2D eigenvalue weighted by Crippen LogP contribution is -2.46. The SMILES string of the molecule is CC1=C(C(=O)Nc2ccc(C)cc2)C(c2ccc([N+](=O)[O-])cc2)NC(=S)N1C. The summed E-state index contributed by atoms with van der Waals surface area (Å²) < 4.78 is 0. The quantitative estimate of drug-likeness (QED) is 0.466. The summed E-state index contributed by atoms with van der Waals surface area (Å²) >= 11 is 5.37. The highest BCUT2D eigenvalue weighted by Crippen LogP contribution is 2.31. The van der Waals surface area contributed by atoms with E-state index >= 15 is 0 Å². The third-order valence-electron chi connectivity index (χ3n) is 4.75. The van der Waals surface area contributed by atoms with E-state index in [0.29, 0.717) is 16.4 Å². The van der Waals surface area contributed by atoms with Gasteiger partial charge in [0.15, 0.2) is 5.11 Å². The van der Waals surface area contributed by atoms with Crippen LogP contribution in [0.4, 0.5) is 11.4 Å². The number of non-ortho nitro benzene ring substituents is 1. The first-order chi connectivity index (χ1) is 13.3. The zero-order valence-electron chi connectivity index (χ0n) is 15.7. The number of hydrogen-bond donors (Lipinski definition) is 2. The lowest BCUT2D eigenvalue weighted by molar-refractivity contribution is -0.384. The van der Waals surface area contributed by atoms with E-state index in [1.807, 2.05) is 38.1 Å². The van der Waals surface area contributed by atoms with Gasteiger partial charge in [0.05, 0.1) is 16.5 Å². The van der Waals surface area contributed by atoms with Crippen LogP contribution in [0.15, 0.2) is 59.8 Å². The number of nitro benzene ring substituents is 1. The molecule has 0 aromatic heterocycles. The van der Waals surface area contributed by atoms with Crippen molar-refractivity contribution in [3.8, 4) is 0 Å². The maximum Gasteiger partial charge on any atom is 0.269 e. The Morgan fingerprint density at radius 2 is 1.75 bits per heavy atom. The molecule has 0 fully saturated rings. The highest BCUT2D eigenvalue weighted by Gasteiger charge is 2.32. The van der Waals surface area contributed by atoms with Crippen LogP contribution in [0.1, 0.15) is 24.1 Å². The number of aryl methyl sites for hydroxylation is 1. The van der Waals surface area contributed by atoms with Gasteiger partial charge in [0.25, 0.3) is 11.6 Å². The van der Waals surface area contributed by atoms with Crippen molar-refractivity contribution in [2.45, 2.75) is 19.9 Å². The van der Waals surface area contributed by atoms with Crippen molar-refractivity contribution in [3.63, 3.8) is 0 Å². The summed E-state index contributed by atoms with van der Waals surface area (Å²) in [7, 11) is 1.79. The molecule has 3 rings (SSSR count). The Hall–Kier alpha value is -3.26. The van der Waals surface area contributed by atoms with Gasteiger partial charge in [-0.2, -0.15) is 0 Å². The van der Waals surface area contributed by atoms with E-state index in [1.54, 1.807) is 24.1 Å². The average Bonchev–Trinajstić information content (AvgIpc) is 2.67. The summed E-state index contributed by atoms with van der Waals surface area (Å²) in [5.41, 5.74) is 3.72. The Balaban J connectivity index is 1.97. The Morgan fingerprint density at radius 3 is 2.32 bits per heavy atom. The molecule has 28 heavy (non-hydrogen) atoms. The van der Waals surface area contributed by atoms with Gasteiger partial charge in [-0.25, -0.2) is 0 Å². The maximum atomic E-state index is 13.1. The first-order valence-electron chi connectivity index (χ1n) is 8.65. The number of benzene rings is 2. The van der Waals surface area contributed by atoms with E-state index in [9.17, 15) is 14.9 Å². The molecule has 0 saturated heterocycles. The summed E-state index contributed by atoms with van der Waals surface area (Å²) in [6.07, 6.45) is 0. The number of amides is 1. The number of nitrogens with zero attached hydrogens (tertiary/aromatic N) is 2. The van der Waals surface area contributed by atoms with Gasteiger partial charge < -0.3 is 15.5 Å². The minimum Gasteiger partial charge on any atom is -0.351 e. The Bertz CT molecular complexity index is 968. The number of rotatable bonds is 4. The number of carbonyl (C=O) groups is 1. The molecule has 0 radical (unpaired) electrons. The van der Waals surface area contributed by atoms with E-state index in [1.165, 1.54) is 12.1 Å². The van der Waals surface area contributed by atoms with Crippen LogP contribution in [-0.4, -0.2) is 27.9 Å². The second-order valence-corrected chi connectivity index (χ2v) is 7.00. The summed E-state index contributed by atoms with van der Waals surface area (Å²) in [6.45, 7) is 3.81. The second-order valence-electron chi connectivity index (χ2n) is 6.61. The predicted molar refractivity (Wildman–Crippen MR) is 112 cm³/mol. The smallest absolute Gasteiger partial charge is 0.269 e. The molecule has 8 heteroatoms. The lowest BCUT2D eigenvalue weighted by Gasteiger charge is -2.35. The van der Waals surface area contributed by atoms with Gasteiger partial charge >= 0.3 is 0 Å². The highest BCUT2D eigenvalue weighted by atomic mass is 32.1. The van der Waals surface area contributed by atoms with Crippen molar-refractivity contribution in [2.24, 2.45) is 0 Å². The van der Waals surface area contributed by atoms with E-state index < -0.39 is 11.0 Å². The van der Waals surface area contributed by atoms with Crippen LogP contribution in [0.3, 0.4) is 0 Å². The van der Waals surface area contributed by atoms with Gasteiger partial charge in [-0.1, -0.05) is 17.7 Å². The molecule has 2 aromatic rings. The number of carbonyl (C=O) groups excluding carboxylic acids is 1. The monoisotopic (exact) mass is 396 g/mol. The van der Waals surface area contributed by atoms with Crippen molar-refractivity contribution in [2.75, 3.05) is 12.4 Å². The molecule has 7 nitrogen and oxygen atoms in total. The van der Waals surface area contributed by atoms with Crippen LogP contribution in [0.2, 0.25) is 0 Å². The number of thiocarbonyl (C=S) groups is 1. The molecular formula is C20H20N4O3S. The lowest BCUT2D eigenvalue weighted by atomic mass is 9.94. The number of allylic oxidation sites excluding steroid dienone is 1. The molecule has 2 aromatic carbocycles. The Labute approximate surface area is 168 Å². The van der Waals surface area contributed by atoms with Gasteiger partial charge in [0, 0.05) is 30.6 Å². The zero-order chi connectivity index (χ0) is 20.4. The minimum atomic E-state index is -0.505. The highest BCUT2D eigenvalue weighted by molar-refractivity contribution is 7.80. The summed E-state index contributed by atoms with van der Waals surface area (Å²) in [5, 5.41) is 17.5. The van der Waals surface area contributed by atoms with Gasteiger partial charge in [0.2, 0.25) is 0 Å². The normalized spacial score (nSPS) is 16.6. The van der Waals surface area contributed by atoms with E-state index in [4.69, 9.17) is 12.2 Å². The van der Waals surface area contributed by atoms with Crippen molar-refractivity contribution in [1.29, 1.82) is 0 Å². The molecule has 1 aliphatic heterocycles. The molecule has 1 aliphatic rings. The molecule has 1 heterocycles. The van der Waals surface area contributed by atoms with Crippen molar-refractivity contribution in [3.05, 3.63) is 81.0 Å². The maximum absolute atomic E-state index is 13.1. The van der Waals surface area contributed by atoms with E-state index in [0.717, 1.165) is 16.8 Å².